The molecular weight excluding hydrogens is 444 g/mol. The van der Waals surface area contributed by atoms with Crippen molar-refractivity contribution >= 4 is 45.4 Å². The van der Waals surface area contributed by atoms with Gasteiger partial charge in [0.25, 0.3) is 5.91 Å². The predicted molar refractivity (Wildman–Crippen MR) is 127 cm³/mol. The minimum absolute atomic E-state index is 0.0969. The summed E-state index contributed by atoms with van der Waals surface area (Å²) >= 11 is 7.64. The second-order valence-electron chi connectivity index (χ2n) is 7.79. The summed E-state index contributed by atoms with van der Waals surface area (Å²) in [6.07, 6.45) is 4.12. The zero-order valence-corrected chi connectivity index (χ0v) is 18.8. The van der Waals surface area contributed by atoms with E-state index in [9.17, 15) is 9.59 Å². The van der Waals surface area contributed by atoms with Crippen molar-refractivity contribution in [2.24, 2.45) is 0 Å². The molecule has 162 valence electrons. The van der Waals surface area contributed by atoms with E-state index < -0.39 is 0 Å². The Morgan fingerprint density at radius 2 is 1.88 bits per heavy atom. The minimum Gasteiger partial charge on any atom is -0.339 e. The van der Waals surface area contributed by atoms with Crippen molar-refractivity contribution in [3.05, 3.63) is 76.4 Å². The van der Waals surface area contributed by atoms with Gasteiger partial charge in [-0.3, -0.25) is 14.0 Å². The highest BCUT2D eigenvalue weighted by molar-refractivity contribution is 7.15. The molecule has 0 spiro atoms. The van der Waals surface area contributed by atoms with Crippen molar-refractivity contribution in [1.82, 2.24) is 14.3 Å². The maximum atomic E-state index is 12.9. The van der Waals surface area contributed by atoms with Crippen LogP contribution in [0.15, 0.2) is 60.1 Å². The molecule has 1 N–H and O–H groups in total. The molecule has 8 heteroatoms. The number of rotatable bonds is 5. The highest BCUT2D eigenvalue weighted by Crippen LogP contribution is 2.26. The largest absolute Gasteiger partial charge is 0.339 e. The monoisotopic (exact) mass is 464 g/mol. The highest BCUT2D eigenvalue weighted by atomic mass is 35.5. The molecule has 5 rings (SSSR count). The number of nitrogens with one attached hydrogen (secondary N) is 1. The van der Waals surface area contributed by atoms with Gasteiger partial charge in [0.1, 0.15) is 0 Å². The van der Waals surface area contributed by atoms with Gasteiger partial charge in [-0.05, 0) is 31.0 Å². The summed E-state index contributed by atoms with van der Waals surface area (Å²) in [7, 11) is 0. The van der Waals surface area contributed by atoms with Gasteiger partial charge in [0.05, 0.1) is 23.4 Å². The number of halogens is 1. The van der Waals surface area contributed by atoms with Crippen LogP contribution in [0.2, 0.25) is 5.02 Å². The van der Waals surface area contributed by atoms with E-state index in [1.165, 1.54) is 11.3 Å². The van der Waals surface area contributed by atoms with Crippen molar-refractivity contribution in [3.63, 3.8) is 0 Å². The van der Waals surface area contributed by atoms with Gasteiger partial charge in [0.15, 0.2) is 4.96 Å². The quantitative estimate of drug-likeness (QED) is 0.445. The van der Waals surface area contributed by atoms with E-state index in [0.29, 0.717) is 16.3 Å². The smallest absolute Gasteiger partial charge is 0.256 e. The number of thiazole rings is 1. The van der Waals surface area contributed by atoms with Gasteiger partial charge < -0.3 is 10.2 Å². The van der Waals surface area contributed by atoms with Gasteiger partial charge in [-0.2, -0.15) is 0 Å². The zero-order valence-electron chi connectivity index (χ0n) is 17.3. The molecule has 2 aromatic heterocycles. The topological polar surface area (TPSA) is 66.7 Å². The molecule has 0 bridgehead atoms. The van der Waals surface area contributed by atoms with E-state index >= 15 is 0 Å². The lowest BCUT2D eigenvalue weighted by molar-refractivity contribution is -0.115. The van der Waals surface area contributed by atoms with Gasteiger partial charge in [-0.1, -0.05) is 41.9 Å². The molecule has 0 aliphatic carbocycles. The van der Waals surface area contributed by atoms with Gasteiger partial charge in [0, 0.05) is 40.9 Å². The third-order valence-electron chi connectivity index (χ3n) is 5.57. The van der Waals surface area contributed by atoms with E-state index in [2.05, 4.69) is 10.3 Å². The number of hydrogen-bond donors (Lipinski definition) is 1. The molecule has 0 atom stereocenters. The third kappa shape index (κ3) is 4.13. The number of fused-ring (bicyclic) bond motifs is 1. The molecule has 1 fully saturated rings. The number of nitrogens with zero attached hydrogens (tertiary/aromatic N) is 3. The Hall–Kier alpha value is -3.16. The number of carbonyl (C=O) groups excluding carboxylic acids is 2. The number of imidazole rings is 1. The van der Waals surface area contributed by atoms with Crippen LogP contribution in [0.3, 0.4) is 0 Å². The van der Waals surface area contributed by atoms with Gasteiger partial charge in [0.2, 0.25) is 5.91 Å². The van der Waals surface area contributed by atoms with Crippen LogP contribution in [-0.2, 0) is 11.2 Å². The molecule has 3 heterocycles. The zero-order chi connectivity index (χ0) is 22.1. The number of carbonyl (C=O) groups is 2. The molecule has 2 amide bonds. The van der Waals surface area contributed by atoms with Gasteiger partial charge in [-0.25, -0.2) is 4.98 Å². The predicted octanol–water partition coefficient (Wildman–Crippen LogP) is 5.13. The number of amides is 2. The van der Waals surface area contributed by atoms with Crippen LogP contribution < -0.4 is 5.32 Å². The van der Waals surface area contributed by atoms with Crippen molar-refractivity contribution in [3.8, 4) is 11.3 Å². The summed E-state index contributed by atoms with van der Waals surface area (Å²) in [5.74, 6) is -0.294. The molecule has 4 aromatic rings. The summed E-state index contributed by atoms with van der Waals surface area (Å²) in [5.41, 5.74) is 3.66. The molecule has 1 aliphatic rings. The van der Waals surface area contributed by atoms with E-state index in [4.69, 9.17) is 11.6 Å². The summed E-state index contributed by atoms with van der Waals surface area (Å²) in [6, 6.07) is 14.9. The van der Waals surface area contributed by atoms with E-state index in [0.717, 1.165) is 47.8 Å². The first-order valence-electron chi connectivity index (χ1n) is 10.5. The standard InChI is InChI=1S/C24H21ClN4O2S/c25-17-8-9-20(19(12-17)23(31)28-10-4-5-11-28)26-22(30)13-18-15-32-24-27-21(14-29(18)24)16-6-2-1-3-7-16/h1-3,6-9,12,14-15H,4-5,10-11,13H2,(H,26,30). The van der Waals surface area contributed by atoms with Crippen LogP contribution in [0.25, 0.3) is 16.2 Å². The molecular formula is C24H21ClN4O2S. The molecule has 0 saturated carbocycles. The second kappa shape index (κ2) is 8.76. The average Bonchev–Trinajstić information content (AvgIpc) is 3.54. The Morgan fingerprint density at radius 3 is 2.66 bits per heavy atom. The Labute approximate surface area is 194 Å². The number of likely N-dealkylation sites (tertiary alicyclic amines) is 1. The molecule has 6 nitrogen and oxygen atoms in total. The van der Waals surface area contributed by atoms with Crippen LogP contribution in [0.5, 0.6) is 0 Å². The molecule has 0 unspecified atom stereocenters. The molecule has 1 aliphatic heterocycles. The third-order valence-corrected chi connectivity index (χ3v) is 6.70. The highest BCUT2D eigenvalue weighted by Gasteiger charge is 2.23. The fourth-order valence-corrected chi connectivity index (χ4v) is 5.00. The van der Waals surface area contributed by atoms with Crippen LogP contribution in [-0.4, -0.2) is 39.2 Å². The Balaban J connectivity index is 1.36. The first-order valence-corrected chi connectivity index (χ1v) is 11.7. The van der Waals surface area contributed by atoms with Crippen LogP contribution in [0.1, 0.15) is 28.9 Å². The first-order chi connectivity index (χ1) is 15.6. The van der Waals surface area contributed by atoms with Crippen LogP contribution in [0, 0.1) is 0 Å². The summed E-state index contributed by atoms with van der Waals surface area (Å²) in [6.45, 7) is 1.46. The van der Waals surface area contributed by atoms with E-state index in [1.54, 1.807) is 23.1 Å². The summed E-state index contributed by atoms with van der Waals surface area (Å²) < 4.78 is 1.95. The first kappa shape index (κ1) is 20.7. The van der Waals surface area contributed by atoms with Crippen molar-refractivity contribution in [1.29, 1.82) is 0 Å². The summed E-state index contributed by atoms with van der Waals surface area (Å²) in [4.78, 5) is 33.1. The number of hydrogen-bond acceptors (Lipinski definition) is 4. The van der Waals surface area contributed by atoms with E-state index in [-0.39, 0.29) is 18.2 Å². The maximum Gasteiger partial charge on any atom is 0.256 e. The van der Waals surface area contributed by atoms with Crippen molar-refractivity contribution in [2.45, 2.75) is 19.3 Å². The maximum absolute atomic E-state index is 12.9. The van der Waals surface area contributed by atoms with Crippen molar-refractivity contribution in [2.75, 3.05) is 18.4 Å². The normalized spacial score (nSPS) is 13.6. The second-order valence-corrected chi connectivity index (χ2v) is 9.06. The number of anilines is 1. The lowest BCUT2D eigenvalue weighted by Gasteiger charge is -2.18. The Kier molecular flexibility index (Phi) is 5.68. The number of benzene rings is 2. The van der Waals surface area contributed by atoms with E-state index in [1.807, 2.05) is 46.3 Å². The Bertz CT molecular complexity index is 1290. The van der Waals surface area contributed by atoms with Crippen LogP contribution >= 0.6 is 22.9 Å². The average molecular weight is 465 g/mol. The van der Waals surface area contributed by atoms with Gasteiger partial charge in [-0.15, -0.1) is 11.3 Å². The lowest BCUT2D eigenvalue weighted by atomic mass is 10.1. The van der Waals surface area contributed by atoms with Crippen LogP contribution in [0.4, 0.5) is 5.69 Å². The molecule has 32 heavy (non-hydrogen) atoms. The molecule has 0 radical (unpaired) electrons. The number of aromatic nitrogens is 2. The van der Waals surface area contributed by atoms with Crippen molar-refractivity contribution < 1.29 is 9.59 Å². The Morgan fingerprint density at radius 1 is 1.09 bits per heavy atom. The molecule has 1 saturated heterocycles. The lowest BCUT2D eigenvalue weighted by Crippen LogP contribution is -2.29. The fraction of sp³-hybridized carbons (Fsp3) is 0.208. The summed E-state index contributed by atoms with van der Waals surface area (Å²) in [5, 5.41) is 5.32. The minimum atomic E-state index is -0.197. The SMILES string of the molecule is O=C(Cc1csc2nc(-c3ccccc3)cn12)Nc1ccc(Cl)cc1C(=O)N1CCCC1. The fourth-order valence-electron chi connectivity index (χ4n) is 3.96. The van der Waals surface area contributed by atoms with Gasteiger partial charge >= 0.3 is 0 Å². The molecule has 2 aromatic carbocycles.